The topological polar surface area (TPSA) is 127 Å². The molecule has 3 aromatic rings. The monoisotopic (exact) mass is 516 g/mol. The molecule has 0 saturated heterocycles. The number of ether oxygens (including phenoxy) is 2. The Morgan fingerprint density at radius 2 is 1.81 bits per heavy atom. The van der Waals surface area contributed by atoms with Crippen LogP contribution in [-0.4, -0.2) is 17.6 Å². The first-order valence-electron chi connectivity index (χ1n) is 11.5. The first-order chi connectivity index (χ1) is 18.0. The zero-order valence-corrected chi connectivity index (χ0v) is 20.8. The predicted octanol–water partition coefficient (Wildman–Crippen LogP) is 5.28. The maximum absolute atomic E-state index is 13.1. The molecule has 3 aromatic carbocycles. The minimum absolute atomic E-state index is 0.0197. The van der Waals surface area contributed by atoms with E-state index in [1.807, 2.05) is 36.4 Å². The highest BCUT2D eigenvalue weighted by molar-refractivity contribution is 8.02. The second-order valence-corrected chi connectivity index (χ2v) is 9.06. The average molecular weight is 517 g/mol. The lowest BCUT2D eigenvalue weighted by molar-refractivity contribution is -0.384. The number of thioether (sulfide) groups is 1. The van der Waals surface area contributed by atoms with Gasteiger partial charge in [0.05, 0.1) is 9.95 Å². The van der Waals surface area contributed by atoms with E-state index in [0.29, 0.717) is 27.8 Å². The van der Waals surface area contributed by atoms with Crippen LogP contribution in [0.25, 0.3) is 0 Å². The van der Waals surface area contributed by atoms with E-state index in [-0.39, 0.29) is 24.6 Å². The number of nitrogens with zero attached hydrogens (tertiary/aromatic N) is 2. The molecule has 0 aromatic heterocycles. The number of anilines is 1. The molecule has 0 radical (unpaired) electrons. The Kier molecular flexibility index (Phi) is 8.28. The summed E-state index contributed by atoms with van der Waals surface area (Å²) in [6.07, 6.45) is 0.885. The highest BCUT2D eigenvalue weighted by atomic mass is 32.2. The van der Waals surface area contributed by atoms with Crippen LogP contribution in [0.4, 0.5) is 11.4 Å². The number of benzene rings is 3. The van der Waals surface area contributed by atoms with Crippen molar-refractivity contribution in [2.75, 3.05) is 12.1 Å². The van der Waals surface area contributed by atoms with Gasteiger partial charge < -0.3 is 20.1 Å². The summed E-state index contributed by atoms with van der Waals surface area (Å²) in [5.74, 6) is 1.02. The number of non-ortho nitro benzene ring substituents is 1. The fourth-order valence-corrected chi connectivity index (χ4v) is 4.53. The van der Waals surface area contributed by atoms with Crippen LogP contribution in [0.1, 0.15) is 23.6 Å². The van der Waals surface area contributed by atoms with E-state index in [9.17, 15) is 20.2 Å². The number of amides is 1. The van der Waals surface area contributed by atoms with Gasteiger partial charge in [-0.1, -0.05) is 37.3 Å². The summed E-state index contributed by atoms with van der Waals surface area (Å²) in [7, 11) is 0. The Morgan fingerprint density at radius 3 is 2.54 bits per heavy atom. The van der Waals surface area contributed by atoms with Crippen LogP contribution in [0.3, 0.4) is 0 Å². The number of fused-ring (bicyclic) bond motifs is 1. The maximum atomic E-state index is 13.1. The van der Waals surface area contributed by atoms with E-state index in [2.05, 4.69) is 17.6 Å². The molecule has 2 N–H and O–H groups in total. The van der Waals surface area contributed by atoms with E-state index in [0.717, 1.165) is 23.2 Å². The number of hydrogen-bond acceptors (Lipinski definition) is 8. The first kappa shape index (κ1) is 25.6. The summed E-state index contributed by atoms with van der Waals surface area (Å²) in [4.78, 5) is 23.8. The number of carbonyl (C=O) groups is 1. The van der Waals surface area contributed by atoms with Gasteiger partial charge in [-0.05, 0) is 47.4 Å². The van der Waals surface area contributed by atoms with Crippen LogP contribution in [-0.2, 0) is 23.5 Å². The van der Waals surface area contributed by atoms with Gasteiger partial charge in [0.1, 0.15) is 11.6 Å². The van der Waals surface area contributed by atoms with E-state index in [4.69, 9.17) is 9.47 Å². The Morgan fingerprint density at radius 1 is 1.05 bits per heavy atom. The molecule has 188 valence electrons. The summed E-state index contributed by atoms with van der Waals surface area (Å²) < 4.78 is 10.7. The Labute approximate surface area is 218 Å². The van der Waals surface area contributed by atoms with Crippen molar-refractivity contribution in [2.45, 2.75) is 25.6 Å². The molecule has 37 heavy (non-hydrogen) atoms. The fraction of sp³-hybridized carbons (Fsp3) is 0.185. The number of rotatable bonds is 10. The third-order valence-electron chi connectivity index (χ3n) is 5.58. The summed E-state index contributed by atoms with van der Waals surface area (Å²) in [6, 6.07) is 21.4. The lowest BCUT2D eigenvalue weighted by atomic mass is 10.1. The molecule has 1 amide bonds. The molecule has 0 saturated carbocycles. The van der Waals surface area contributed by atoms with Gasteiger partial charge in [0.25, 0.3) is 11.6 Å². The molecular formula is C27H24N4O5S. The molecule has 0 spiro atoms. The highest BCUT2D eigenvalue weighted by Gasteiger charge is 2.19. The largest absolute Gasteiger partial charge is 0.454 e. The van der Waals surface area contributed by atoms with Crippen LogP contribution in [0.5, 0.6) is 11.5 Å². The number of aryl methyl sites for hydroxylation is 1. The minimum Gasteiger partial charge on any atom is -0.454 e. The van der Waals surface area contributed by atoms with Crippen molar-refractivity contribution in [3.05, 3.63) is 104 Å². The molecule has 4 rings (SSSR count). The van der Waals surface area contributed by atoms with Gasteiger partial charge in [-0.2, -0.15) is 5.26 Å². The molecule has 9 nitrogen and oxygen atoms in total. The zero-order chi connectivity index (χ0) is 26.2. The number of nitriles is 1. The van der Waals surface area contributed by atoms with Gasteiger partial charge in [0.2, 0.25) is 6.79 Å². The van der Waals surface area contributed by atoms with Gasteiger partial charge >= 0.3 is 0 Å². The third kappa shape index (κ3) is 6.59. The number of hydrogen-bond donors (Lipinski definition) is 2. The number of carbonyl (C=O) groups excluding carboxylic acids is 1. The fourth-order valence-electron chi connectivity index (χ4n) is 3.57. The van der Waals surface area contributed by atoms with Crippen molar-refractivity contribution in [1.29, 1.82) is 5.26 Å². The van der Waals surface area contributed by atoms with Crippen LogP contribution in [0.15, 0.2) is 77.3 Å². The van der Waals surface area contributed by atoms with Crippen molar-refractivity contribution in [1.82, 2.24) is 5.32 Å². The van der Waals surface area contributed by atoms with E-state index < -0.39 is 10.8 Å². The lowest BCUT2D eigenvalue weighted by Gasteiger charge is -2.14. The maximum Gasteiger partial charge on any atom is 0.269 e. The molecule has 0 bridgehead atoms. The highest BCUT2D eigenvalue weighted by Crippen LogP contribution is 2.32. The minimum atomic E-state index is -0.542. The van der Waals surface area contributed by atoms with Gasteiger partial charge in [-0.25, -0.2) is 0 Å². The van der Waals surface area contributed by atoms with Crippen molar-refractivity contribution in [3.63, 3.8) is 0 Å². The second-order valence-electron chi connectivity index (χ2n) is 8.08. The Balaban J connectivity index is 1.55. The van der Waals surface area contributed by atoms with Crippen molar-refractivity contribution >= 4 is 29.0 Å². The van der Waals surface area contributed by atoms with Crippen LogP contribution < -0.4 is 20.1 Å². The predicted molar refractivity (Wildman–Crippen MR) is 141 cm³/mol. The summed E-state index contributed by atoms with van der Waals surface area (Å²) in [5.41, 5.74) is 3.25. The normalized spacial score (nSPS) is 12.3. The molecule has 1 aliphatic heterocycles. The smallest absolute Gasteiger partial charge is 0.269 e. The average Bonchev–Trinajstić information content (AvgIpc) is 3.39. The van der Waals surface area contributed by atoms with Gasteiger partial charge in [-0.3, -0.25) is 14.9 Å². The van der Waals surface area contributed by atoms with Crippen LogP contribution >= 0.6 is 11.8 Å². The standard InChI is InChI=1S/C27H24N4O5S/c1-2-18-6-9-21(10-7-18)30-27(37-16-20-4-3-5-22(12-20)31(33)34)23(14-28)26(32)29-15-19-8-11-24-25(13-19)36-17-35-24/h3-13,30H,2,15-17H2,1H3,(H,29,32). The molecule has 0 aliphatic carbocycles. The van der Waals surface area contributed by atoms with Crippen LogP contribution in [0, 0.1) is 21.4 Å². The van der Waals surface area contributed by atoms with Gasteiger partial charge in [-0.15, -0.1) is 11.8 Å². The quantitative estimate of drug-likeness (QED) is 0.161. The molecule has 1 aliphatic rings. The third-order valence-corrected chi connectivity index (χ3v) is 6.65. The van der Waals surface area contributed by atoms with E-state index in [1.54, 1.807) is 24.3 Å². The molecule has 1 heterocycles. The van der Waals surface area contributed by atoms with Crippen molar-refractivity contribution in [3.8, 4) is 17.6 Å². The summed E-state index contributed by atoms with van der Waals surface area (Å²) in [5, 5.41) is 27.4. The molecule has 0 fully saturated rings. The number of nitrogens with one attached hydrogen (secondary N) is 2. The molecule has 0 unspecified atom stereocenters. The SMILES string of the molecule is CCc1ccc(NC(SCc2cccc([N+](=O)[O-])c2)=C(C#N)C(=O)NCc2ccc3c(c2)OCO3)cc1. The molecule has 0 atom stereocenters. The molecule has 10 heteroatoms. The first-order valence-corrected chi connectivity index (χ1v) is 12.5. The zero-order valence-electron chi connectivity index (χ0n) is 20.0. The van der Waals surface area contributed by atoms with Crippen molar-refractivity contribution in [2.24, 2.45) is 0 Å². The summed E-state index contributed by atoms with van der Waals surface area (Å²) in [6.45, 7) is 2.40. The summed E-state index contributed by atoms with van der Waals surface area (Å²) >= 11 is 1.22. The Bertz CT molecular complexity index is 1380. The van der Waals surface area contributed by atoms with Gasteiger partial charge in [0.15, 0.2) is 11.5 Å². The van der Waals surface area contributed by atoms with E-state index in [1.165, 1.54) is 23.9 Å². The van der Waals surface area contributed by atoms with E-state index >= 15 is 0 Å². The Hall–Kier alpha value is -4.49. The van der Waals surface area contributed by atoms with Gasteiger partial charge in [0, 0.05) is 30.1 Å². The second kappa shape index (κ2) is 12.0. The molecular weight excluding hydrogens is 492 g/mol. The number of nitro groups is 1. The van der Waals surface area contributed by atoms with Crippen LogP contribution in [0.2, 0.25) is 0 Å². The lowest BCUT2D eigenvalue weighted by Crippen LogP contribution is -2.25. The van der Waals surface area contributed by atoms with Crippen molar-refractivity contribution < 1.29 is 19.2 Å². The number of nitro benzene ring substituents is 1.